The van der Waals surface area contributed by atoms with Crippen LogP contribution in [0.2, 0.25) is 0 Å². The van der Waals surface area contributed by atoms with Gasteiger partial charge < -0.3 is 9.73 Å². The summed E-state index contributed by atoms with van der Waals surface area (Å²) in [6.07, 6.45) is 0.675. The maximum atomic E-state index is 12.0. The highest BCUT2D eigenvalue weighted by Crippen LogP contribution is 2.12. The molecule has 0 saturated carbocycles. The fraction of sp³-hybridized carbons (Fsp3) is 0.632. The Kier molecular flexibility index (Phi) is 9.00. The van der Waals surface area contributed by atoms with Crippen LogP contribution in [0.25, 0.3) is 0 Å². The average Bonchev–Trinajstić information content (AvgIpc) is 3.08. The molecule has 8 nitrogen and oxygen atoms in total. The molecule has 0 aromatic carbocycles. The first kappa shape index (κ1) is 22.7. The summed E-state index contributed by atoms with van der Waals surface area (Å²) in [6.45, 7) is 12.4. The van der Waals surface area contributed by atoms with Crippen molar-refractivity contribution in [2.45, 2.75) is 54.0 Å². The molecular weight excluding hydrogens is 348 g/mol. The number of hydrazine groups is 1. The molecule has 0 aliphatic heterocycles. The fourth-order valence-electron chi connectivity index (χ4n) is 2.22. The monoisotopic (exact) mass is 380 g/mol. The van der Waals surface area contributed by atoms with Crippen LogP contribution in [0.3, 0.4) is 0 Å². The molecule has 0 fully saturated rings. The summed E-state index contributed by atoms with van der Waals surface area (Å²) in [6, 6.07) is 3.34. The van der Waals surface area contributed by atoms with E-state index >= 15 is 0 Å². The van der Waals surface area contributed by atoms with E-state index in [1.807, 2.05) is 20.8 Å². The first-order chi connectivity index (χ1) is 12.7. The van der Waals surface area contributed by atoms with Gasteiger partial charge in [0, 0.05) is 18.4 Å². The molecule has 3 N–H and O–H groups in total. The number of carbonyl (C=O) groups is 3. The molecular formula is C19H32N4O4. The van der Waals surface area contributed by atoms with E-state index in [1.165, 1.54) is 0 Å². The molecule has 3 amide bonds. The molecule has 0 unspecified atom stereocenters. The van der Waals surface area contributed by atoms with Crippen LogP contribution in [-0.4, -0.2) is 42.3 Å². The van der Waals surface area contributed by atoms with Crippen molar-refractivity contribution < 1.29 is 18.8 Å². The Hall–Kier alpha value is -2.35. The summed E-state index contributed by atoms with van der Waals surface area (Å²) in [5.74, 6) is -0.0485. The number of furan rings is 1. The Morgan fingerprint density at radius 1 is 1.07 bits per heavy atom. The van der Waals surface area contributed by atoms with E-state index in [2.05, 4.69) is 34.9 Å². The summed E-state index contributed by atoms with van der Waals surface area (Å²) < 4.78 is 5.52. The Balaban J connectivity index is 2.30. The van der Waals surface area contributed by atoms with Gasteiger partial charge in [0.1, 0.15) is 5.76 Å². The van der Waals surface area contributed by atoms with Gasteiger partial charge in [0.05, 0.1) is 6.54 Å². The van der Waals surface area contributed by atoms with Crippen LogP contribution < -0.4 is 16.2 Å². The third-order valence-electron chi connectivity index (χ3n) is 4.02. The normalized spacial score (nSPS) is 11.3. The van der Waals surface area contributed by atoms with Crippen molar-refractivity contribution in [1.29, 1.82) is 0 Å². The minimum atomic E-state index is -0.504. The van der Waals surface area contributed by atoms with Crippen LogP contribution in [0.5, 0.6) is 0 Å². The van der Waals surface area contributed by atoms with Gasteiger partial charge in [0.2, 0.25) is 11.8 Å². The second kappa shape index (κ2) is 10.7. The third kappa shape index (κ3) is 8.25. The highest BCUT2D eigenvalue weighted by Gasteiger charge is 2.20. The predicted molar refractivity (Wildman–Crippen MR) is 103 cm³/mol. The van der Waals surface area contributed by atoms with Gasteiger partial charge in [-0.25, -0.2) is 0 Å². The molecule has 1 rings (SSSR count). The van der Waals surface area contributed by atoms with E-state index < -0.39 is 11.3 Å². The largest absolute Gasteiger partial charge is 0.454 e. The first-order valence-corrected chi connectivity index (χ1v) is 9.35. The van der Waals surface area contributed by atoms with Crippen molar-refractivity contribution in [2.24, 2.45) is 5.41 Å². The van der Waals surface area contributed by atoms with Crippen molar-refractivity contribution >= 4 is 17.7 Å². The van der Waals surface area contributed by atoms with E-state index in [0.717, 1.165) is 13.1 Å². The van der Waals surface area contributed by atoms with Crippen molar-refractivity contribution in [1.82, 2.24) is 21.1 Å². The zero-order valence-electron chi connectivity index (χ0n) is 17.0. The molecule has 1 aromatic heterocycles. The van der Waals surface area contributed by atoms with Crippen molar-refractivity contribution in [3.63, 3.8) is 0 Å². The molecule has 8 heteroatoms. The third-order valence-corrected chi connectivity index (χ3v) is 4.02. The van der Waals surface area contributed by atoms with E-state index in [9.17, 15) is 14.4 Å². The van der Waals surface area contributed by atoms with Crippen LogP contribution in [0.15, 0.2) is 16.5 Å². The van der Waals surface area contributed by atoms with E-state index in [1.54, 1.807) is 12.1 Å². The van der Waals surface area contributed by atoms with Gasteiger partial charge in [0.25, 0.3) is 0 Å². The van der Waals surface area contributed by atoms with Gasteiger partial charge >= 0.3 is 5.91 Å². The second-order valence-electron chi connectivity index (χ2n) is 7.34. The van der Waals surface area contributed by atoms with Gasteiger partial charge in [-0.05, 0) is 31.6 Å². The SMILES string of the molecule is CCN(CC)Cc1ccc(C(=O)NNC(=O)CCCNC(=O)C(C)(C)C)o1. The Bertz CT molecular complexity index is 630. The molecule has 1 heterocycles. The zero-order chi connectivity index (χ0) is 20.4. The topological polar surface area (TPSA) is 104 Å². The lowest BCUT2D eigenvalue weighted by Crippen LogP contribution is -2.42. The number of nitrogens with one attached hydrogen (secondary N) is 3. The average molecular weight is 380 g/mol. The molecule has 0 saturated heterocycles. The van der Waals surface area contributed by atoms with E-state index in [4.69, 9.17) is 4.42 Å². The van der Waals surface area contributed by atoms with Crippen LogP contribution in [0, 0.1) is 5.41 Å². The number of nitrogens with zero attached hydrogens (tertiary/aromatic N) is 1. The lowest BCUT2D eigenvalue weighted by Gasteiger charge is -2.17. The highest BCUT2D eigenvalue weighted by atomic mass is 16.4. The van der Waals surface area contributed by atoms with Crippen molar-refractivity contribution in [2.75, 3.05) is 19.6 Å². The molecule has 152 valence electrons. The van der Waals surface area contributed by atoms with E-state index in [0.29, 0.717) is 25.3 Å². The highest BCUT2D eigenvalue weighted by molar-refractivity contribution is 5.92. The zero-order valence-corrected chi connectivity index (χ0v) is 17.0. The fourth-order valence-corrected chi connectivity index (χ4v) is 2.22. The maximum Gasteiger partial charge on any atom is 0.305 e. The quantitative estimate of drug-likeness (QED) is 0.448. The van der Waals surface area contributed by atoms with Gasteiger partial charge in [-0.15, -0.1) is 0 Å². The number of carbonyl (C=O) groups excluding carboxylic acids is 3. The molecule has 0 spiro atoms. The van der Waals surface area contributed by atoms with Gasteiger partial charge in [-0.1, -0.05) is 34.6 Å². The lowest BCUT2D eigenvalue weighted by atomic mass is 9.96. The summed E-state index contributed by atoms with van der Waals surface area (Å²) >= 11 is 0. The van der Waals surface area contributed by atoms with Gasteiger partial charge in [-0.2, -0.15) is 0 Å². The number of amides is 3. The number of hydrogen-bond acceptors (Lipinski definition) is 5. The first-order valence-electron chi connectivity index (χ1n) is 9.35. The number of hydrogen-bond donors (Lipinski definition) is 3. The summed E-state index contributed by atoms with van der Waals surface area (Å²) in [5.41, 5.74) is 4.23. The maximum absolute atomic E-state index is 12.0. The Labute approximate surface area is 161 Å². The smallest absolute Gasteiger partial charge is 0.305 e. The molecule has 27 heavy (non-hydrogen) atoms. The minimum Gasteiger partial charge on any atom is -0.454 e. The molecule has 0 radical (unpaired) electrons. The van der Waals surface area contributed by atoms with Crippen LogP contribution in [0.4, 0.5) is 0 Å². The van der Waals surface area contributed by atoms with Crippen molar-refractivity contribution in [3.8, 4) is 0 Å². The summed E-state index contributed by atoms with van der Waals surface area (Å²) in [7, 11) is 0. The van der Waals surface area contributed by atoms with E-state index in [-0.39, 0.29) is 24.0 Å². The number of rotatable bonds is 9. The van der Waals surface area contributed by atoms with Crippen LogP contribution in [0.1, 0.15) is 63.8 Å². The van der Waals surface area contributed by atoms with Gasteiger partial charge in [0.15, 0.2) is 5.76 Å². The molecule has 0 aliphatic rings. The standard InChI is InChI=1S/C19H32N4O4/c1-6-23(7-2)13-14-10-11-15(27-14)17(25)22-21-16(24)9-8-12-20-18(26)19(3,4)5/h10-11H,6-9,12-13H2,1-5H3,(H,20,26)(H,21,24)(H,22,25). The molecule has 0 bridgehead atoms. The van der Waals surface area contributed by atoms with Crippen molar-refractivity contribution in [3.05, 3.63) is 23.7 Å². The predicted octanol–water partition coefficient (Wildman–Crippen LogP) is 1.82. The molecule has 0 aliphatic carbocycles. The Morgan fingerprint density at radius 3 is 2.33 bits per heavy atom. The van der Waals surface area contributed by atoms with Gasteiger partial charge in [-0.3, -0.25) is 30.1 Å². The molecule has 0 atom stereocenters. The second-order valence-corrected chi connectivity index (χ2v) is 7.34. The minimum absolute atomic E-state index is 0.0606. The summed E-state index contributed by atoms with van der Waals surface area (Å²) in [4.78, 5) is 37.7. The van der Waals surface area contributed by atoms with Crippen LogP contribution in [-0.2, 0) is 16.1 Å². The summed E-state index contributed by atoms with van der Waals surface area (Å²) in [5, 5.41) is 2.77. The molecule has 1 aromatic rings. The van der Waals surface area contributed by atoms with Crippen LogP contribution >= 0.6 is 0 Å². The lowest BCUT2D eigenvalue weighted by molar-refractivity contribution is -0.128. The Morgan fingerprint density at radius 2 is 1.74 bits per heavy atom.